The molecule has 0 atom stereocenters. The molecule has 6 aromatic rings. The molecule has 300 valence electrons. The van der Waals surface area contributed by atoms with Crippen molar-refractivity contribution in [1.82, 2.24) is 0 Å². The molecule has 28 heteroatoms. The first kappa shape index (κ1) is 59.0. The van der Waals surface area contributed by atoms with Crippen LogP contribution >= 0.6 is 0 Å². The van der Waals surface area contributed by atoms with Gasteiger partial charge in [0.05, 0.1) is 15.5 Å². The summed E-state index contributed by atoms with van der Waals surface area (Å²) in [7, 11) is -16.4. The minimum Gasteiger partial charge on any atom is -0.744 e. The van der Waals surface area contributed by atoms with E-state index in [2.05, 4.69) is 32.6 Å². The third kappa shape index (κ3) is 16.5. The summed E-state index contributed by atoms with van der Waals surface area (Å²) in [6.07, 6.45) is 2.84. The monoisotopic (exact) mass is 958 g/mol. The van der Waals surface area contributed by atoms with Crippen molar-refractivity contribution >= 4 is 109 Å². The van der Waals surface area contributed by atoms with Gasteiger partial charge in [-0.1, -0.05) is 35.7 Å². The Kier molecular flexibility index (Phi) is 24.9. The molecular weight excluding hydrogens is 937 g/mol. The smallest absolute Gasteiger partial charge is 0.744 e. The number of phenolic OH excluding ortho intramolecular Hbond substituents is 2. The van der Waals surface area contributed by atoms with Crippen molar-refractivity contribution in [3.05, 3.63) is 108 Å². The topological polar surface area (TPSA) is 359 Å². The number of rotatable bonds is 8. The normalized spacial score (nSPS) is 10.9. The van der Waals surface area contributed by atoms with E-state index in [0.717, 1.165) is 12.1 Å². The first-order valence-corrected chi connectivity index (χ1v) is 20.1. The van der Waals surface area contributed by atoms with Crippen molar-refractivity contribution in [2.45, 2.75) is 9.79 Å². The van der Waals surface area contributed by atoms with Crippen molar-refractivity contribution in [2.75, 3.05) is 11.5 Å². The molecule has 0 saturated carbocycles. The van der Waals surface area contributed by atoms with Gasteiger partial charge in [-0.25, -0.2) is 21.9 Å². The average molecular weight is 959 g/mol. The number of benzene rings is 6. The summed E-state index contributed by atoms with van der Waals surface area (Å²) in [5.41, 5.74) is 12.4. The van der Waals surface area contributed by atoms with Gasteiger partial charge in [-0.3, -0.25) is 0 Å². The fourth-order valence-electron chi connectivity index (χ4n) is 5.04. The Morgan fingerprint density at radius 2 is 1.10 bits per heavy atom. The molecular formula is C34H22N6Na4O14S4. The van der Waals surface area contributed by atoms with Gasteiger partial charge in [0.1, 0.15) is 25.9 Å². The van der Waals surface area contributed by atoms with Crippen molar-refractivity contribution in [3.63, 3.8) is 0 Å². The van der Waals surface area contributed by atoms with Crippen LogP contribution in [0.15, 0.2) is 115 Å². The molecule has 0 fully saturated rings. The Bertz CT molecular complexity index is 3110. The van der Waals surface area contributed by atoms with Crippen LogP contribution < -0.4 is 130 Å². The fourth-order valence-corrected chi connectivity index (χ4v) is 6.37. The molecule has 6 N–H and O–H groups in total. The van der Waals surface area contributed by atoms with Gasteiger partial charge < -0.3 is 30.8 Å². The molecule has 62 heavy (non-hydrogen) atoms. The van der Waals surface area contributed by atoms with Crippen molar-refractivity contribution in [1.29, 1.82) is 0 Å². The van der Waals surface area contributed by atoms with Crippen LogP contribution in [0.1, 0.15) is 11.1 Å². The number of aromatic hydroxyl groups is 2. The number of phenols is 2. The summed E-state index contributed by atoms with van der Waals surface area (Å²) in [5.74, 6) is -0.893. The van der Waals surface area contributed by atoms with Gasteiger partial charge in [-0.15, -0.1) is 72.2 Å². The zero-order valence-corrected chi connectivity index (χ0v) is 43.9. The molecule has 0 spiro atoms. The number of hydrogen-bond acceptors (Lipinski definition) is 20. The van der Waals surface area contributed by atoms with Crippen LogP contribution in [0.3, 0.4) is 0 Å². The minimum absolute atomic E-state index is 0. The van der Waals surface area contributed by atoms with Gasteiger partial charge >= 0.3 is 139 Å². The fraction of sp³-hybridized carbons (Fsp3) is 0. The van der Waals surface area contributed by atoms with Crippen LogP contribution in [0.25, 0.3) is 33.7 Å². The molecule has 0 heterocycles. The predicted octanol–water partition coefficient (Wildman–Crippen LogP) is -7.01. The van der Waals surface area contributed by atoms with E-state index >= 15 is 0 Å². The zero-order chi connectivity index (χ0) is 42.9. The van der Waals surface area contributed by atoms with E-state index in [4.69, 9.17) is 36.7 Å². The molecule has 6 rings (SSSR count). The number of fused-ring (bicyclic) bond motifs is 2. The third-order valence-corrected chi connectivity index (χ3v) is 9.14. The molecule has 0 aliphatic rings. The van der Waals surface area contributed by atoms with Crippen molar-refractivity contribution in [3.8, 4) is 11.5 Å². The van der Waals surface area contributed by atoms with E-state index in [9.17, 15) is 36.2 Å². The van der Waals surface area contributed by atoms with E-state index in [1.165, 1.54) is 48.6 Å². The van der Waals surface area contributed by atoms with Crippen LogP contribution in [-0.2, 0) is 41.5 Å². The molecule has 0 amide bonds. The predicted molar refractivity (Wildman–Crippen MR) is 203 cm³/mol. The van der Waals surface area contributed by atoms with Crippen LogP contribution in [0.4, 0.5) is 34.1 Å². The number of hydrogen-bond donors (Lipinski definition) is 4. The number of anilines is 2. The number of nitrogens with two attached hydrogens (primary N) is 2. The third-order valence-electron chi connectivity index (χ3n) is 7.39. The SMILES string of the molecule is Nc1cccc2c[c-]c(N=Nc3c[c-]c(/C=C/c4ccc(N=Nc5c(S(=O)(=O)[O-])cc6cccc(N)c6c5O)cc4S(=O)(=O)[O-])cc3)c(O)c12.O=S(=O)=O.O=S(=O)=O.[Na+].[Na+].[Na+].[Na+]. The van der Waals surface area contributed by atoms with E-state index in [-0.39, 0.29) is 157 Å². The van der Waals surface area contributed by atoms with Crippen LogP contribution in [0.5, 0.6) is 11.5 Å². The molecule has 0 radical (unpaired) electrons. The zero-order valence-electron chi connectivity index (χ0n) is 32.6. The van der Waals surface area contributed by atoms with Crippen LogP contribution in [-0.4, -0.2) is 61.4 Å². The Morgan fingerprint density at radius 3 is 1.63 bits per heavy atom. The van der Waals surface area contributed by atoms with Gasteiger partial charge in [-0.2, -0.15) is 27.9 Å². The van der Waals surface area contributed by atoms with Crippen molar-refractivity contribution in [2.24, 2.45) is 20.5 Å². The van der Waals surface area contributed by atoms with Crippen LogP contribution in [0, 0.1) is 12.1 Å². The summed E-state index contributed by atoms with van der Waals surface area (Å²) >= 11 is 0. The van der Waals surface area contributed by atoms with Gasteiger partial charge in [0.2, 0.25) is 0 Å². The Balaban J connectivity index is 0.00000286. The Labute approximate surface area is 444 Å². The molecule has 6 aromatic carbocycles. The molecule has 0 aliphatic heterocycles. The Hall–Kier alpha value is -2.96. The molecule has 0 aromatic heterocycles. The maximum Gasteiger partial charge on any atom is 1.00 e. The summed E-state index contributed by atoms with van der Waals surface area (Å²) < 4.78 is 123. The second-order valence-electron chi connectivity index (χ2n) is 11.1. The molecule has 20 nitrogen and oxygen atoms in total. The minimum atomic E-state index is -5.16. The first-order chi connectivity index (χ1) is 27.2. The van der Waals surface area contributed by atoms with E-state index in [0.29, 0.717) is 27.7 Å². The second-order valence-corrected chi connectivity index (χ2v) is 14.6. The number of nitrogens with zero attached hydrogens (tertiary/aromatic N) is 4. The number of nitrogen functional groups attached to an aromatic ring is 2. The van der Waals surface area contributed by atoms with E-state index in [1.807, 2.05) is 0 Å². The number of azo groups is 2. The van der Waals surface area contributed by atoms with Gasteiger partial charge in [-0.05, 0) is 41.3 Å². The molecule has 0 unspecified atom stereocenters. The van der Waals surface area contributed by atoms with E-state index in [1.54, 1.807) is 36.4 Å². The largest absolute Gasteiger partial charge is 1.00 e. The molecule has 0 aliphatic carbocycles. The molecule has 0 bridgehead atoms. The van der Waals surface area contributed by atoms with Gasteiger partial charge in [0, 0.05) is 33.9 Å². The summed E-state index contributed by atoms with van der Waals surface area (Å²) in [6.45, 7) is 0. The second kappa shape index (κ2) is 26.1. The summed E-state index contributed by atoms with van der Waals surface area (Å²) in [5, 5.41) is 38.4. The maximum atomic E-state index is 12.2. The van der Waals surface area contributed by atoms with E-state index < -0.39 is 62.7 Å². The van der Waals surface area contributed by atoms with Gasteiger partial charge in [0.15, 0.2) is 5.75 Å². The standard InChI is InChI=1S/C34H24N6O8S2.4Na.2O3S/c35-25-5-1-3-21-12-16-27(33(41)30(21)25)39-37-23-13-8-19(9-14-23)7-10-20-11-15-24(18-28(20)49(43,44)45)38-40-32-29(50(46,47)48)17-22-4-2-6-26(36)31(22)34(32)42;;;;;2*1-4(2)3/h1-8,10-15,17-18,41-42H,35-36H2,(H,43,44,45)(H,46,47,48);;;;;;/q-2;4*+1;;/p-2/b10-7+,39-37?,40-38?;;;;;;. The average Bonchev–Trinajstić information content (AvgIpc) is 3.12. The summed E-state index contributed by atoms with van der Waals surface area (Å²) in [4.78, 5) is -1.56. The van der Waals surface area contributed by atoms with Crippen molar-refractivity contribution < 1.29 is 180 Å². The molecule has 0 saturated heterocycles. The van der Waals surface area contributed by atoms with Gasteiger partial charge in [0.25, 0.3) is 0 Å². The quantitative estimate of drug-likeness (QED) is 0.0275. The Morgan fingerprint density at radius 1 is 0.581 bits per heavy atom. The van der Waals surface area contributed by atoms with Crippen LogP contribution in [0.2, 0.25) is 0 Å². The maximum absolute atomic E-state index is 12.2. The first-order valence-electron chi connectivity index (χ1n) is 15.3. The summed E-state index contributed by atoms with van der Waals surface area (Å²) in [6, 6.07) is 26.1.